The van der Waals surface area contributed by atoms with Gasteiger partial charge in [-0.1, -0.05) is 24.3 Å². The number of piperidine rings is 1. The zero-order valence-corrected chi connectivity index (χ0v) is 20.9. The van der Waals surface area contributed by atoms with Crippen molar-refractivity contribution in [2.75, 3.05) is 39.4 Å². The van der Waals surface area contributed by atoms with Gasteiger partial charge in [0.2, 0.25) is 0 Å². The number of pyridine rings is 1. The summed E-state index contributed by atoms with van der Waals surface area (Å²) in [4.78, 5) is 30.4. The van der Waals surface area contributed by atoms with E-state index in [1.54, 1.807) is 24.3 Å². The number of morpholine rings is 1. The van der Waals surface area contributed by atoms with Crippen molar-refractivity contribution in [1.82, 2.24) is 9.47 Å². The normalized spacial score (nSPS) is 21.2. The Morgan fingerprint density at radius 2 is 1.76 bits per heavy atom. The molecule has 2 saturated heterocycles. The van der Waals surface area contributed by atoms with Crippen LogP contribution in [0, 0.1) is 17.2 Å². The third kappa shape index (κ3) is 4.59. The summed E-state index contributed by atoms with van der Waals surface area (Å²) in [6, 6.07) is 21.3. The van der Waals surface area contributed by atoms with Crippen LogP contribution in [0.3, 0.4) is 0 Å². The minimum absolute atomic E-state index is 0.00820. The summed E-state index contributed by atoms with van der Waals surface area (Å²) in [6.45, 7) is 6.30. The third-order valence-electron chi connectivity index (χ3n) is 8.10. The van der Waals surface area contributed by atoms with Gasteiger partial charge in [0.15, 0.2) is 0 Å². The highest BCUT2D eigenvalue weighted by atomic mass is 16.5. The van der Waals surface area contributed by atoms with Crippen molar-refractivity contribution in [1.29, 1.82) is 5.26 Å². The van der Waals surface area contributed by atoms with Gasteiger partial charge >= 0.3 is 0 Å². The van der Waals surface area contributed by atoms with Crippen molar-refractivity contribution >= 4 is 5.91 Å². The number of quaternary nitrogens is 1. The highest BCUT2D eigenvalue weighted by Gasteiger charge is 2.37. The fourth-order valence-corrected chi connectivity index (χ4v) is 6.23. The van der Waals surface area contributed by atoms with Crippen molar-refractivity contribution in [3.05, 3.63) is 93.4 Å². The van der Waals surface area contributed by atoms with E-state index in [2.05, 4.69) is 30.3 Å². The van der Waals surface area contributed by atoms with Crippen LogP contribution < -0.4 is 10.5 Å². The van der Waals surface area contributed by atoms with E-state index in [0.717, 1.165) is 56.1 Å². The Morgan fingerprint density at radius 3 is 2.54 bits per heavy atom. The number of hydrogen-bond acceptors (Lipinski definition) is 4. The molecule has 2 fully saturated rings. The molecule has 7 nitrogen and oxygen atoms in total. The van der Waals surface area contributed by atoms with Gasteiger partial charge < -0.3 is 19.1 Å². The molecule has 6 rings (SSSR count). The molecule has 4 heterocycles. The summed E-state index contributed by atoms with van der Waals surface area (Å²) in [7, 11) is 0. The van der Waals surface area contributed by atoms with E-state index in [0.29, 0.717) is 30.8 Å². The molecule has 37 heavy (non-hydrogen) atoms. The lowest BCUT2D eigenvalue weighted by Crippen LogP contribution is -3.12. The Kier molecular flexibility index (Phi) is 6.37. The summed E-state index contributed by atoms with van der Waals surface area (Å²) in [6.07, 6.45) is 0.993. The van der Waals surface area contributed by atoms with Gasteiger partial charge in [-0.25, -0.2) is 0 Å². The van der Waals surface area contributed by atoms with Crippen molar-refractivity contribution in [2.45, 2.75) is 25.4 Å². The Balaban J connectivity index is 1.26. The molecule has 0 saturated carbocycles. The fourth-order valence-electron chi connectivity index (χ4n) is 6.23. The highest BCUT2D eigenvalue weighted by molar-refractivity contribution is 5.94. The number of nitrogens with one attached hydrogen (secondary N) is 1. The van der Waals surface area contributed by atoms with E-state index < -0.39 is 0 Å². The maximum atomic E-state index is 13.8. The van der Waals surface area contributed by atoms with Gasteiger partial charge in [-0.05, 0) is 54.3 Å². The summed E-state index contributed by atoms with van der Waals surface area (Å²) < 4.78 is 7.48. The minimum Gasteiger partial charge on any atom is -0.370 e. The van der Waals surface area contributed by atoms with Crippen LogP contribution in [0.15, 0.2) is 65.5 Å². The predicted octanol–water partition coefficient (Wildman–Crippen LogP) is 2.06. The third-order valence-corrected chi connectivity index (χ3v) is 8.10. The first-order valence-corrected chi connectivity index (χ1v) is 13.1. The van der Waals surface area contributed by atoms with Gasteiger partial charge in [0.05, 0.1) is 24.8 Å². The van der Waals surface area contributed by atoms with Crippen molar-refractivity contribution in [3.8, 4) is 17.2 Å². The number of benzene rings is 2. The number of fused-ring (bicyclic) bond motifs is 4. The molecule has 0 unspecified atom stereocenters. The zero-order valence-electron chi connectivity index (χ0n) is 20.9. The average molecular weight is 496 g/mol. The van der Waals surface area contributed by atoms with Crippen molar-refractivity contribution < 1.29 is 14.4 Å². The second-order valence-corrected chi connectivity index (χ2v) is 10.5. The van der Waals surface area contributed by atoms with Gasteiger partial charge in [-0.2, -0.15) is 5.26 Å². The number of rotatable bonds is 4. The number of ether oxygens (including phenoxy) is 1. The summed E-state index contributed by atoms with van der Waals surface area (Å²) in [5.41, 5.74) is 5.23. The van der Waals surface area contributed by atoms with Crippen molar-refractivity contribution in [2.24, 2.45) is 5.92 Å². The van der Waals surface area contributed by atoms with Gasteiger partial charge in [-0.15, -0.1) is 0 Å². The lowest BCUT2D eigenvalue weighted by atomic mass is 9.82. The number of likely N-dealkylation sites (tertiary alicyclic amines) is 1. The quantitative estimate of drug-likeness (QED) is 0.601. The number of aromatic nitrogens is 1. The number of carbonyl (C=O) groups is 1. The SMILES string of the molecule is N#Cc1ccc(C(=O)N2C[C@@H]3C[C@H](C2)c2ccc(-c4ccccc4C[NH+]4CCOCC4)c(=O)n2C3)cc1. The predicted molar refractivity (Wildman–Crippen MR) is 139 cm³/mol. The maximum Gasteiger partial charge on any atom is 0.258 e. The molecule has 0 radical (unpaired) electrons. The Bertz CT molecular complexity index is 1420. The van der Waals surface area contributed by atoms with Crippen LogP contribution in [0.5, 0.6) is 0 Å². The average Bonchev–Trinajstić information content (AvgIpc) is 2.94. The van der Waals surface area contributed by atoms with Crippen LogP contribution in [0.25, 0.3) is 11.1 Å². The molecule has 0 spiro atoms. The smallest absolute Gasteiger partial charge is 0.258 e. The van der Waals surface area contributed by atoms with Crippen LogP contribution in [-0.2, 0) is 17.8 Å². The van der Waals surface area contributed by atoms with Crippen LogP contribution in [0.1, 0.15) is 39.5 Å². The molecule has 1 amide bonds. The molecular weight excluding hydrogens is 464 g/mol. The Hall–Kier alpha value is -3.73. The molecule has 3 aliphatic heterocycles. The molecule has 0 aliphatic carbocycles. The van der Waals surface area contributed by atoms with E-state index in [-0.39, 0.29) is 23.3 Å². The molecule has 1 aromatic heterocycles. The fraction of sp³-hybridized carbons (Fsp3) is 0.367. The standard InChI is InChI=1S/C30H30N4O3/c31-16-21-5-7-23(8-6-21)29(35)33-17-22-15-25(20-33)28-10-9-27(30(36)34(28)18-22)26-4-2-1-3-24(26)19-32-11-13-37-14-12-32/h1-10,22,25H,11-15,17-20H2/p+1/t22-,25+/m0/s1. The molecular formula is C30H31N4O3+. The molecule has 3 aliphatic rings. The number of hydrogen-bond donors (Lipinski definition) is 1. The van der Waals surface area contributed by atoms with Gasteiger partial charge in [0, 0.05) is 47.9 Å². The number of carbonyl (C=O) groups excluding carboxylic acids is 1. The van der Waals surface area contributed by atoms with E-state index >= 15 is 0 Å². The number of amides is 1. The molecule has 3 aromatic rings. The first kappa shape index (κ1) is 23.7. The van der Waals surface area contributed by atoms with Crippen LogP contribution in [-0.4, -0.2) is 54.8 Å². The molecule has 2 aromatic carbocycles. The number of nitrogens with zero attached hydrogens (tertiary/aromatic N) is 3. The topological polar surface area (TPSA) is 79.8 Å². The van der Waals surface area contributed by atoms with Gasteiger partial charge in [0.25, 0.3) is 11.5 Å². The monoisotopic (exact) mass is 495 g/mol. The molecule has 2 bridgehead atoms. The Morgan fingerprint density at radius 1 is 0.973 bits per heavy atom. The van der Waals surface area contributed by atoms with Gasteiger partial charge in [0.1, 0.15) is 19.6 Å². The van der Waals surface area contributed by atoms with Gasteiger partial charge in [-0.3, -0.25) is 9.59 Å². The Labute approximate surface area is 216 Å². The lowest BCUT2D eigenvalue weighted by Gasteiger charge is -2.43. The van der Waals surface area contributed by atoms with Crippen molar-refractivity contribution in [3.63, 3.8) is 0 Å². The highest BCUT2D eigenvalue weighted by Crippen LogP contribution is 2.36. The van der Waals surface area contributed by atoms with Crippen LogP contribution in [0.2, 0.25) is 0 Å². The minimum atomic E-state index is -0.00820. The first-order chi connectivity index (χ1) is 18.1. The summed E-state index contributed by atoms with van der Waals surface area (Å²) in [5.74, 6) is 0.380. The van der Waals surface area contributed by atoms with E-state index in [9.17, 15) is 9.59 Å². The van der Waals surface area contributed by atoms with E-state index in [1.165, 1.54) is 10.5 Å². The zero-order chi connectivity index (χ0) is 25.4. The summed E-state index contributed by atoms with van der Waals surface area (Å²) >= 11 is 0. The second kappa shape index (κ2) is 9.97. The first-order valence-electron chi connectivity index (χ1n) is 13.1. The summed E-state index contributed by atoms with van der Waals surface area (Å²) in [5, 5.41) is 9.04. The molecule has 1 N–H and O–H groups in total. The molecule has 188 valence electrons. The number of nitriles is 1. The maximum absolute atomic E-state index is 13.8. The molecule has 2 atom stereocenters. The second-order valence-electron chi connectivity index (χ2n) is 10.5. The van der Waals surface area contributed by atoms with E-state index in [4.69, 9.17) is 10.00 Å². The largest absolute Gasteiger partial charge is 0.370 e. The lowest BCUT2D eigenvalue weighted by molar-refractivity contribution is -0.921. The van der Waals surface area contributed by atoms with E-state index in [1.807, 2.05) is 21.6 Å². The van der Waals surface area contributed by atoms with Crippen LogP contribution >= 0.6 is 0 Å². The van der Waals surface area contributed by atoms with Crippen LogP contribution in [0.4, 0.5) is 0 Å². The molecule has 7 heteroatoms.